The standard InChI is InChI=1S/C11H12BrN3O5S/c12-8-4-7(15(19)20)9(21-8)10(16)13-6-2-1-3-14(5-6)11(17)18/h4,6H,1-3,5H2,(H,13,16)(H,17,18)/t6-/m0/s1. The first kappa shape index (κ1) is 15.7. The zero-order valence-corrected chi connectivity index (χ0v) is 13.1. The molecule has 0 radical (unpaired) electrons. The molecule has 1 fully saturated rings. The van der Waals surface area contributed by atoms with Gasteiger partial charge in [0.1, 0.15) is 0 Å². The number of carbonyl (C=O) groups is 2. The largest absolute Gasteiger partial charge is 0.465 e. The van der Waals surface area contributed by atoms with Gasteiger partial charge in [0.25, 0.3) is 11.6 Å². The first-order chi connectivity index (χ1) is 9.88. The Labute approximate surface area is 132 Å². The molecule has 21 heavy (non-hydrogen) atoms. The van der Waals surface area contributed by atoms with Gasteiger partial charge in [0.05, 0.1) is 8.71 Å². The number of amides is 2. The SMILES string of the molecule is O=C(N[C@H]1CCCN(C(=O)O)C1)c1sc(Br)cc1[N+](=O)[O-]. The second kappa shape index (κ2) is 6.39. The van der Waals surface area contributed by atoms with Crippen LogP contribution in [0.2, 0.25) is 0 Å². The molecule has 1 aromatic heterocycles. The summed E-state index contributed by atoms with van der Waals surface area (Å²) in [5, 5.41) is 22.5. The molecule has 0 unspecified atom stereocenters. The number of nitro groups is 1. The van der Waals surface area contributed by atoms with E-state index < -0.39 is 16.9 Å². The number of hydrogen-bond acceptors (Lipinski definition) is 5. The highest BCUT2D eigenvalue weighted by Crippen LogP contribution is 2.32. The van der Waals surface area contributed by atoms with Gasteiger partial charge in [-0.15, -0.1) is 11.3 Å². The Morgan fingerprint density at radius 2 is 2.29 bits per heavy atom. The topological polar surface area (TPSA) is 113 Å². The van der Waals surface area contributed by atoms with E-state index in [1.54, 1.807) is 0 Å². The zero-order chi connectivity index (χ0) is 15.6. The Kier molecular flexibility index (Phi) is 4.78. The summed E-state index contributed by atoms with van der Waals surface area (Å²) < 4.78 is 0.496. The fraction of sp³-hybridized carbons (Fsp3) is 0.455. The lowest BCUT2D eigenvalue weighted by Gasteiger charge is -2.30. The molecule has 1 aliphatic heterocycles. The molecule has 2 amide bonds. The third kappa shape index (κ3) is 3.70. The quantitative estimate of drug-likeness (QED) is 0.619. The Balaban J connectivity index is 2.08. The summed E-state index contributed by atoms with van der Waals surface area (Å²) in [5.74, 6) is -0.547. The van der Waals surface area contributed by atoms with Crippen molar-refractivity contribution in [3.8, 4) is 0 Å². The molecule has 2 N–H and O–H groups in total. The number of hydrogen-bond donors (Lipinski definition) is 2. The third-order valence-electron chi connectivity index (χ3n) is 3.11. The fourth-order valence-corrected chi connectivity index (χ4v) is 3.63. The van der Waals surface area contributed by atoms with E-state index in [9.17, 15) is 19.7 Å². The van der Waals surface area contributed by atoms with Gasteiger partial charge < -0.3 is 15.3 Å². The van der Waals surface area contributed by atoms with Gasteiger partial charge in [-0.1, -0.05) is 0 Å². The average molecular weight is 378 g/mol. The van der Waals surface area contributed by atoms with E-state index in [0.29, 0.717) is 23.2 Å². The lowest BCUT2D eigenvalue weighted by molar-refractivity contribution is -0.384. The van der Waals surface area contributed by atoms with Crippen LogP contribution in [0.4, 0.5) is 10.5 Å². The maximum atomic E-state index is 12.1. The number of thiophene rings is 1. The van der Waals surface area contributed by atoms with Crippen molar-refractivity contribution in [2.24, 2.45) is 0 Å². The number of nitrogens with one attached hydrogen (secondary N) is 1. The molecule has 0 aromatic carbocycles. The highest BCUT2D eigenvalue weighted by Gasteiger charge is 2.29. The number of nitrogens with zero attached hydrogens (tertiary/aromatic N) is 2. The van der Waals surface area contributed by atoms with Crippen LogP contribution in [-0.4, -0.2) is 46.1 Å². The van der Waals surface area contributed by atoms with Crippen molar-refractivity contribution in [1.82, 2.24) is 10.2 Å². The average Bonchev–Trinajstić information content (AvgIpc) is 2.81. The second-order valence-corrected chi connectivity index (χ2v) is 6.99. The van der Waals surface area contributed by atoms with Crippen LogP contribution in [0, 0.1) is 10.1 Å². The summed E-state index contributed by atoms with van der Waals surface area (Å²) in [6.07, 6.45) is 0.266. The van der Waals surface area contributed by atoms with Crippen molar-refractivity contribution in [3.63, 3.8) is 0 Å². The van der Waals surface area contributed by atoms with Crippen LogP contribution in [0.3, 0.4) is 0 Å². The summed E-state index contributed by atoms with van der Waals surface area (Å²) >= 11 is 4.10. The summed E-state index contributed by atoms with van der Waals surface area (Å²) in [7, 11) is 0. The predicted octanol–water partition coefficient (Wildman–Crippen LogP) is 2.29. The van der Waals surface area contributed by atoms with Crippen molar-refractivity contribution < 1.29 is 19.6 Å². The number of rotatable bonds is 3. The normalized spacial score (nSPS) is 18.3. The van der Waals surface area contributed by atoms with Gasteiger partial charge in [-0.05, 0) is 28.8 Å². The van der Waals surface area contributed by atoms with E-state index in [1.165, 1.54) is 11.0 Å². The van der Waals surface area contributed by atoms with Crippen molar-refractivity contribution in [1.29, 1.82) is 0 Å². The molecule has 2 rings (SSSR count). The smallest absolute Gasteiger partial charge is 0.407 e. The van der Waals surface area contributed by atoms with E-state index in [4.69, 9.17) is 5.11 Å². The number of piperidine rings is 1. The summed E-state index contributed by atoms with van der Waals surface area (Å²) in [4.78, 5) is 34.6. The molecule has 1 aromatic rings. The third-order valence-corrected chi connectivity index (χ3v) is 4.74. The van der Waals surface area contributed by atoms with Crippen molar-refractivity contribution in [2.75, 3.05) is 13.1 Å². The molecule has 2 heterocycles. The highest BCUT2D eigenvalue weighted by atomic mass is 79.9. The maximum absolute atomic E-state index is 12.1. The number of halogens is 1. The lowest BCUT2D eigenvalue weighted by Crippen LogP contribution is -2.49. The molecule has 0 bridgehead atoms. The zero-order valence-electron chi connectivity index (χ0n) is 10.7. The number of carbonyl (C=O) groups excluding carboxylic acids is 1. The van der Waals surface area contributed by atoms with Gasteiger partial charge in [0.2, 0.25) is 0 Å². The number of likely N-dealkylation sites (tertiary alicyclic amines) is 1. The summed E-state index contributed by atoms with van der Waals surface area (Å²) in [5.41, 5.74) is -0.254. The molecule has 0 aliphatic carbocycles. The van der Waals surface area contributed by atoms with Gasteiger partial charge in [-0.3, -0.25) is 14.9 Å². The van der Waals surface area contributed by atoms with Crippen molar-refractivity contribution in [2.45, 2.75) is 18.9 Å². The van der Waals surface area contributed by atoms with E-state index >= 15 is 0 Å². The molecular weight excluding hydrogens is 366 g/mol. The minimum absolute atomic E-state index is 0.0133. The van der Waals surface area contributed by atoms with Gasteiger partial charge in [-0.25, -0.2) is 4.79 Å². The Bertz CT molecular complexity index is 590. The molecule has 0 saturated carbocycles. The summed E-state index contributed by atoms with van der Waals surface area (Å²) in [6, 6.07) is 0.951. The van der Waals surface area contributed by atoms with Crippen LogP contribution < -0.4 is 5.32 Å². The molecule has 10 heteroatoms. The summed E-state index contributed by atoms with van der Waals surface area (Å²) in [6.45, 7) is 0.633. The molecule has 0 spiro atoms. The Morgan fingerprint density at radius 1 is 1.57 bits per heavy atom. The Hall–Kier alpha value is -1.68. The van der Waals surface area contributed by atoms with Gasteiger partial charge in [0.15, 0.2) is 4.88 Å². The van der Waals surface area contributed by atoms with Crippen molar-refractivity contribution >= 4 is 45.0 Å². The van der Waals surface area contributed by atoms with Crippen LogP contribution in [0.25, 0.3) is 0 Å². The van der Waals surface area contributed by atoms with Gasteiger partial charge in [0, 0.05) is 25.2 Å². The minimum atomic E-state index is -1.03. The first-order valence-corrected chi connectivity index (χ1v) is 7.72. The van der Waals surface area contributed by atoms with Gasteiger partial charge >= 0.3 is 6.09 Å². The van der Waals surface area contributed by atoms with E-state index in [-0.39, 0.29) is 23.2 Å². The molecule has 1 atom stereocenters. The fourth-order valence-electron chi connectivity index (χ4n) is 2.17. The van der Waals surface area contributed by atoms with Crippen LogP contribution in [0.5, 0.6) is 0 Å². The van der Waals surface area contributed by atoms with Crippen LogP contribution in [0.15, 0.2) is 9.85 Å². The first-order valence-electron chi connectivity index (χ1n) is 6.11. The van der Waals surface area contributed by atoms with Crippen LogP contribution in [-0.2, 0) is 0 Å². The molecular formula is C11H12BrN3O5S. The molecule has 114 valence electrons. The van der Waals surface area contributed by atoms with E-state index in [2.05, 4.69) is 21.2 Å². The lowest BCUT2D eigenvalue weighted by atomic mass is 10.1. The van der Waals surface area contributed by atoms with Gasteiger partial charge in [-0.2, -0.15) is 0 Å². The molecule has 1 saturated heterocycles. The molecule has 8 nitrogen and oxygen atoms in total. The monoisotopic (exact) mass is 377 g/mol. The molecule has 1 aliphatic rings. The second-order valence-electron chi connectivity index (χ2n) is 4.56. The van der Waals surface area contributed by atoms with Crippen LogP contribution in [0.1, 0.15) is 22.5 Å². The highest BCUT2D eigenvalue weighted by molar-refractivity contribution is 9.11. The van der Waals surface area contributed by atoms with E-state index in [0.717, 1.165) is 11.3 Å². The van der Waals surface area contributed by atoms with E-state index in [1.807, 2.05) is 0 Å². The maximum Gasteiger partial charge on any atom is 0.407 e. The minimum Gasteiger partial charge on any atom is -0.465 e. The van der Waals surface area contributed by atoms with Crippen molar-refractivity contribution in [3.05, 3.63) is 24.8 Å². The Morgan fingerprint density at radius 3 is 2.90 bits per heavy atom. The number of carboxylic acid groups (broad SMARTS) is 1. The van der Waals surface area contributed by atoms with Crippen LogP contribution >= 0.6 is 27.3 Å². The predicted molar refractivity (Wildman–Crippen MR) is 78.8 cm³/mol.